The molecule has 0 N–H and O–H groups in total. The molecule has 3 aromatic carbocycles. The van der Waals surface area contributed by atoms with E-state index >= 15 is 0 Å². The third kappa shape index (κ3) is 3.63. The minimum Gasteiger partial charge on any atom is -0.290 e. The fourth-order valence-corrected chi connectivity index (χ4v) is 5.54. The number of carbonyl (C=O) groups excluding carboxylic acids is 2. The average Bonchev–Trinajstić information content (AvgIpc) is 3.18. The van der Waals surface area contributed by atoms with E-state index in [-0.39, 0.29) is 5.78 Å². The van der Waals surface area contributed by atoms with Crippen molar-refractivity contribution in [2.45, 2.75) is 53.2 Å². The van der Waals surface area contributed by atoms with Crippen molar-refractivity contribution in [2.24, 2.45) is 16.7 Å². The first-order valence-electron chi connectivity index (χ1n) is 12.3. The van der Waals surface area contributed by atoms with Gasteiger partial charge in [-0.2, -0.15) is 0 Å². The van der Waals surface area contributed by atoms with Crippen molar-refractivity contribution in [3.8, 4) is 0 Å². The summed E-state index contributed by atoms with van der Waals surface area (Å²) in [7, 11) is 0. The second-order valence-corrected chi connectivity index (χ2v) is 11.8. The van der Waals surface area contributed by atoms with Crippen LogP contribution in [0, 0.1) is 16.7 Å². The minimum atomic E-state index is -0.979. The number of hydroxylamine groups is 1. The summed E-state index contributed by atoms with van der Waals surface area (Å²) in [6.45, 7) is 12.2. The number of anilines is 1. The summed E-state index contributed by atoms with van der Waals surface area (Å²) >= 11 is 0. The van der Waals surface area contributed by atoms with Crippen LogP contribution in [0.5, 0.6) is 0 Å². The maximum Gasteiger partial charge on any atom is 0.225 e. The number of Topliss-reactive ketones (excluding diaryl/α,β-unsaturated/α-hetero) is 2. The Bertz CT molecular complexity index is 1340. The van der Waals surface area contributed by atoms with Crippen molar-refractivity contribution in [3.63, 3.8) is 0 Å². The fourth-order valence-electron chi connectivity index (χ4n) is 5.54. The van der Waals surface area contributed by atoms with Crippen molar-refractivity contribution < 1.29 is 14.4 Å². The average molecular weight is 468 g/mol. The van der Waals surface area contributed by atoms with Crippen LogP contribution in [-0.4, -0.2) is 17.2 Å². The number of hydrogen-bond acceptors (Lipinski definition) is 4. The molecule has 1 aliphatic carbocycles. The molecule has 1 aliphatic heterocycles. The molecule has 0 saturated carbocycles. The summed E-state index contributed by atoms with van der Waals surface area (Å²) in [4.78, 5) is 34.4. The zero-order valence-corrected chi connectivity index (χ0v) is 21.3. The second-order valence-electron chi connectivity index (χ2n) is 11.8. The van der Waals surface area contributed by atoms with Crippen molar-refractivity contribution in [3.05, 3.63) is 90.0 Å². The molecule has 0 amide bonds. The molecule has 1 heterocycles. The first-order chi connectivity index (χ1) is 16.4. The van der Waals surface area contributed by atoms with Crippen molar-refractivity contribution in [1.82, 2.24) is 0 Å². The third-order valence-electron chi connectivity index (χ3n) is 7.50. The van der Waals surface area contributed by atoms with Gasteiger partial charge in [0.15, 0.2) is 0 Å². The molecule has 3 aromatic rings. The zero-order chi connectivity index (χ0) is 25.2. The summed E-state index contributed by atoms with van der Waals surface area (Å²) in [5.74, 6) is -1.44. The molecule has 1 saturated heterocycles. The molecule has 5 rings (SSSR count). The lowest BCUT2D eigenvalue weighted by atomic mass is 9.59. The topological polar surface area (TPSA) is 46.6 Å². The number of rotatable bonds is 2. The summed E-state index contributed by atoms with van der Waals surface area (Å²) < 4.78 is 0. The van der Waals surface area contributed by atoms with Crippen LogP contribution in [0.25, 0.3) is 10.8 Å². The van der Waals surface area contributed by atoms with Gasteiger partial charge in [-0.3, -0.25) is 14.4 Å². The van der Waals surface area contributed by atoms with E-state index in [2.05, 4.69) is 45.0 Å². The molecule has 180 valence electrons. The summed E-state index contributed by atoms with van der Waals surface area (Å²) in [6, 6.07) is 23.9. The summed E-state index contributed by atoms with van der Waals surface area (Å²) in [6.07, 6.45) is 1.97. The molecule has 0 spiro atoms. The number of fused-ring (bicyclic) bond motifs is 2. The SMILES string of the molecule is CC(C)(C)C1=CC2(C(C)(C)C)ON(c3ccc4ccccc4c3)C(c3ccccc3)C2C(=O)C1=O. The van der Waals surface area contributed by atoms with Crippen molar-refractivity contribution in [1.29, 1.82) is 0 Å². The third-order valence-corrected chi connectivity index (χ3v) is 7.50. The predicted octanol–water partition coefficient (Wildman–Crippen LogP) is 6.86. The van der Waals surface area contributed by atoms with Gasteiger partial charge in [0.1, 0.15) is 5.60 Å². The second kappa shape index (κ2) is 7.89. The molecule has 3 unspecified atom stereocenters. The van der Waals surface area contributed by atoms with Crippen molar-refractivity contribution in [2.75, 3.05) is 5.06 Å². The van der Waals surface area contributed by atoms with Gasteiger partial charge >= 0.3 is 0 Å². The van der Waals surface area contributed by atoms with Gasteiger partial charge in [0.25, 0.3) is 0 Å². The lowest BCUT2D eigenvalue weighted by Crippen LogP contribution is -2.55. The summed E-state index contributed by atoms with van der Waals surface area (Å²) in [5, 5.41) is 4.11. The van der Waals surface area contributed by atoms with Gasteiger partial charge in [0, 0.05) is 5.57 Å². The molecule has 4 heteroatoms. The van der Waals surface area contributed by atoms with Gasteiger partial charge in [-0.25, -0.2) is 5.06 Å². The van der Waals surface area contributed by atoms with E-state index in [4.69, 9.17) is 4.84 Å². The van der Waals surface area contributed by atoms with Gasteiger partial charge in [-0.05, 0) is 45.4 Å². The van der Waals surface area contributed by atoms with E-state index in [1.807, 2.05) is 80.4 Å². The highest BCUT2D eigenvalue weighted by Crippen LogP contribution is 2.58. The van der Waals surface area contributed by atoms with Gasteiger partial charge < -0.3 is 0 Å². The van der Waals surface area contributed by atoms with Gasteiger partial charge in [-0.15, -0.1) is 0 Å². The highest BCUT2D eigenvalue weighted by Gasteiger charge is 2.66. The predicted molar refractivity (Wildman–Crippen MR) is 140 cm³/mol. The van der Waals surface area contributed by atoms with Crippen LogP contribution in [-0.2, 0) is 14.4 Å². The fraction of sp³-hybridized carbons (Fsp3) is 0.355. The molecule has 0 radical (unpaired) electrons. The maximum atomic E-state index is 14.0. The van der Waals surface area contributed by atoms with E-state index in [9.17, 15) is 9.59 Å². The van der Waals surface area contributed by atoms with E-state index in [1.165, 1.54) is 0 Å². The quantitative estimate of drug-likeness (QED) is 0.386. The Labute approximate surface area is 207 Å². The molecule has 2 aliphatic rings. The number of nitrogens with zero attached hydrogens (tertiary/aromatic N) is 1. The smallest absolute Gasteiger partial charge is 0.225 e. The van der Waals surface area contributed by atoms with E-state index in [0.717, 1.165) is 22.0 Å². The molecule has 4 nitrogen and oxygen atoms in total. The number of carbonyl (C=O) groups is 2. The van der Waals surface area contributed by atoms with Gasteiger partial charge in [0.05, 0.1) is 17.6 Å². The molecule has 1 fully saturated rings. The minimum absolute atomic E-state index is 0.371. The van der Waals surface area contributed by atoms with E-state index < -0.39 is 34.2 Å². The Morgan fingerprint density at radius 2 is 1.43 bits per heavy atom. The number of benzene rings is 3. The first kappa shape index (κ1) is 23.5. The normalized spacial score (nSPS) is 25.1. The van der Waals surface area contributed by atoms with Crippen LogP contribution >= 0.6 is 0 Å². The largest absolute Gasteiger partial charge is 0.290 e. The molecule has 0 aromatic heterocycles. The Balaban J connectivity index is 1.78. The molecule has 3 atom stereocenters. The molecule has 0 bridgehead atoms. The van der Waals surface area contributed by atoms with Crippen molar-refractivity contribution >= 4 is 28.0 Å². The van der Waals surface area contributed by atoms with Crippen LogP contribution in [0.4, 0.5) is 5.69 Å². The number of ketones is 2. The van der Waals surface area contributed by atoms with Crippen LogP contribution in [0.3, 0.4) is 0 Å². The van der Waals surface area contributed by atoms with Crippen LogP contribution in [0.1, 0.15) is 53.1 Å². The molecular weight excluding hydrogens is 434 g/mol. The Hall–Kier alpha value is -3.24. The number of hydrogen-bond donors (Lipinski definition) is 0. The Kier molecular flexibility index (Phi) is 5.30. The van der Waals surface area contributed by atoms with Crippen LogP contribution < -0.4 is 5.06 Å². The summed E-state index contributed by atoms with van der Waals surface area (Å²) in [5.41, 5.74) is 0.432. The van der Waals surface area contributed by atoms with Crippen LogP contribution in [0.15, 0.2) is 84.4 Å². The maximum absolute atomic E-state index is 14.0. The van der Waals surface area contributed by atoms with E-state index in [1.54, 1.807) is 0 Å². The first-order valence-corrected chi connectivity index (χ1v) is 12.3. The number of allylic oxidation sites excluding steroid dienone is 1. The molecular formula is C31H33NO3. The Morgan fingerprint density at radius 1 is 0.800 bits per heavy atom. The highest BCUT2D eigenvalue weighted by atomic mass is 16.7. The van der Waals surface area contributed by atoms with Gasteiger partial charge in [0.2, 0.25) is 11.6 Å². The Morgan fingerprint density at radius 3 is 2.06 bits per heavy atom. The van der Waals surface area contributed by atoms with Crippen LogP contribution in [0.2, 0.25) is 0 Å². The molecule has 35 heavy (non-hydrogen) atoms. The van der Waals surface area contributed by atoms with E-state index in [0.29, 0.717) is 5.57 Å². The monoisotopic (exact) mass is 467 g/mol. The highest BCUT2D eigenvalue weighted by molar-refractivity contribution is 6.46. The lowest BCUT2D eigenvalue weighted by molar-refractivity contribution is -0.147. The lowest BCUT2D eigenvalue weighted by Gasteiger charge is -2.45. The zero-order valence-electron chi connectivity index (χ0n) is 21.3. The van der Waals surface area contributed by atoms with Gasteiger partial charge in [-0.1, -0.05) is 102 Å². The standard InChI is InChI=1S/C31H33NO3/c1-29(2,3)24-19-31(30(4,5)6)25(28(34)27(24)33)26(21-13-8-7-9-14-21)32(35-31)23-17-16-20-12-10-11-15-22(20)18-23/h7-19,25-26H,1-6H3.